The lowest BCUT2D eigenvalue weighted by Gasteiger charge is -2.32. The highest BCUT2D eigenvalue weighted by Gasteiger charge is 2.28. The van der Waals surface area contributed by atoms with Crippen molar-refractivity contribution in [1.82, 2.24) is 14.2 Å². The average molecular weight is 331 g/mol. The van der Waals surface area contributed by atoms with Crippen LogP contribution in [0, 0.1) is 0 Å². The Morgan fingerprint density at radius 1 is 1.24 bits per heavy atom. The number of aromatic nitrogens is 1. The Balaban J connectivity index is 2.04. The van der Waals surface area contributed by atoms with Crippen molar-refractivity contribution >= 4 is 27.3 Å². The molecule has 1 saturated heterocycles. The van der Waals surface area contributed by atoms with Crippen molar-refractivity contribution in [1.29, 1.82) is 0 Å². The van der Waals surface area contributed by atoms with Crippen molar-refractivity contribution in [2.24, 2.45) is 0 Å². The van der Waals surface area contributed by atoms with E-state index in [1.54, 1.807) is 11.1 Å². The number of nitrogens with zero attached hydrogens (tertiary/aromatic N) is 3. The number of hydrogen-bond acceptors (Lipinski definition) is 5. The van der Waals surface area contributed by atoms with Crippen molar-refractivity contribution in [3.05, 3.63) is 16.1 Å². The molecule has 1 aliphatic rings. The highest BCUT2D eigenvalue weighted by molar-refractivity contribution is 7.88. The van der Waals surface area contributed by atoms with Crippen LogP contribution in [0.15, 0.2) is 6.20 Å². The van der Waals surface area contributed by atoms with Crippen molar-refractivity contribution < 1.29 is 13.2 Å². The Morgan fingerprint density at radius 2 is 1.81 bits per heavy atom. The lowest BCUT2D eigenvalue weighted by Crippen LogP contribution is -2.50. The predicted molar refractivity (Wildman–Crippen MR) is 83.1 cm³/mol. The van der Waals surface area contributed by atoms with Gasteiger partial charge in [0.1, 0.15) is 4.88 Å². The summed E-state index contributed by atoms with van der Waals surface area (Å²) in [4.78, 5) is 19.1. The molecule has 8 heteroatoms. The predicted octanol–water partition coefficient (Wildman–Crippen LogP) is 1.16. The summed E-state index contributed by atoms with van der Waals surface area (Å²) in [6.45, 7) is 7.75. The molecule has 1 amide bonds. The molecule has 0 atom stereocenters. The van der Waals surface area contributed by atoms with E-state index in [1.807, 2.05) is 0 Å². The first kappa shape index (κ1) is 16.4. The van der Waals surface area contributed by atoms with E-state index in [2.05, 4.69) is 25.8 Å². The number of thiazole rings is 1. The zero-order valence-electron chi connectivity index (χ0n) is 12.8. The molecule has 2 rings (SSSR count). The van der Waals surface area contributed by atoms with Gasteiger partial charge >= 0.3 is 0 Å². The second-order valence-corrected chi connectivity index (χ2v) is 9.25. The van der Waals surface area contributed by atoms with Gasteiger partial charge < -0.3 is 4.90 Å². The Kier molecular flexibility index (Phi) is 4.41. The molecule has 0 aliphatic carbocycles. The van der Waals surface area contributed by atoms with E-state index < -0.39 is 10.0 Å². The second kappa shape index (κ2) is 5.66. The topological polar surface area (TPSA) is 70.6 Å². The zero-order valence-corrected chi connectivity index (χ0v) is 14.4. The van der Waals surface area contributed by atoms with Crippen LogP contribution in [0.4, 0.5) is 0 Å². The van der Waals surface area contributed by atoms with Crippen LogP contribution in [-0.2, 0) is 15.4 Å². The molecule has 1 fully saturated rings. The maximum atomic E-state index is 12.4. The summed E-state index contributed by atoms with van der Waals surface area (Å²) < 4.78 is 24.3. The summed E-state index contributed by atoms with van der Waals surface area (Å²) >= 11 is 1.41. The number of carbonyl (C=O) groups excluding carboxylic acids is 1. The molecule has 0 unspecified atom stereocenters. The summed E-state index contributed by atoms with van der Waals surface area (Å²) in [5.74, 6) is -0.0591. The molecule has 6 nitrogen and oxygen atoms in total. The maximum absolute atomic E-state index is 12.4. The van der Waals surface area contributed by atoms with E-state index in [-0.39, 0.29) is 11.3 Å². The fourth-order valence-corrected chi connectivity index (χ4v) is 3.87. The van der Waals surface area contributed by atoms with E-state index in [4.69, 9.17) is 0 Å². The second-order valence-electron chi connectivity index (χ2n) is 6.23. The molecule has 0 bridgehead atoms. The van der Waals surface area contributed by atoms with Crippen molar-refractivity contribution in [2.45, 2.75) is 26.2 Å². The number of rotatable bonds is 2. The quantitative estimate of drug-likeness (QED) is 0.815. The van der Waals surface area contributed by atoms with Gasteiger partial charge in [-0.2, -0.15) is 4.31 Å². The van der Waals surface area contributed by atoms with E-state index in [9.17, 15) is 13.2 Å². The number of amides is 1. The first-order valence-corrected chi connectivity index (χ1v) is 9.46. The first-order valence-electron chi connectivity index (χ1n) is 6.80. The summed E-state index contributed by atoms with van der Waals surface area (Å²) in [6.07, 6.45) is 2.82. The lowest BCUT2D eigenvalue weighted by molar-refractivity contribution is 0.0703. The smallest absolute Gasteiger partial charge is 0.265 e. The molecule has 0 radical (unpaired) electrons. The normalized spacial score (nSPS) is 18.0. The molecule has 1 aromatic rings. The molecule has 2 heterocycles. The van der Waals surface area contributed by atoms with Gasteiger partial charge in [0.2, 0.25) is 10.0 Å². The van der Waals surface area contributed by atoms with Crippen LogP contribution in [0.1, 0.15) is 35.5 Å². The van der Waals surface area contributed by atoms with Gasteiger partial charge in [-0.3, -0.25) is 4.79 Å². The van der Waals surface area contributed by atoms with Crippen LogP contribution in [0.2, 0.25) is 0 Å². The van der Waals surface area contributed by atoms with E-state index in [1.165, 1.54) is 21.9 Å². The van der Waals surface area contributed by atoms with E-state index in [0.717, 1.165) is 5.01 Å². The lowest BCUT2D eigenvalue weighted by atomic mass is 9.98. The minimum absolute atomic E-state index is 0.0591. The number of hydrogen-bond donors (Lipinski definition) is 0. The SMILES string of the molecule is CC(C)(C)c1ncc(C(=O)N2CCN(S(C)(=O)=O)CC2)s1. The molecule has 21 heavy (non-hydrogen) atoms. The van der Waals surface area contributed by atoms with Gasteiger partial charge in [0.25, 0.3) is 5.91 Å². The minimum Gasteiger partial charge on any atom is -0.335 e. The number of sulfonamides is 1. The monoisotopic (exact) mass is 331 g/mol. The van der Waals surface area contributed by atoms with Gasteiger partial charge in [-0.05, 0) is 0 Å². The molecular formula is C13H21N3O3S2. The minimum atomic E-state index is -3.17. The Labute approximate surface area is 129 Å². The van der Waals surface area contributed by atoms with Crippen LogP contribution in [0.5, 0.6) is 0 Å². The van der Waals surface area contributed by atoms with Crippen LogP contribution < -0.4 is 0 Å². The molecule has 1 aromatic heterocycles. The van der Waals surface area contributed by atoms with Gasteiger partial charge in [-0.25, -0.2) is 13.4 Å². The molecule has 118 valence electrons. The number of carbonyl (C=O) groups is 1. The van der Waals surface area contributed by atoms with Gasteiger partial charge in [0.15, 0.2) is 0 Å². The Bertz CT molecular complexity index is 623. The van der Waals surface area contributed by atoms with Crippen molar-refractivity contribution in [2.75, 3.05) is 32.4 Å². The maximum Gasteiger partial charge on any atom is 0.265 e. The van der Waals surface area contributed by atoms with Gasteiger partial charge in [-0.1, -0.05) is 20.8 Å². The standard InChI is InChI=1S/C13H21N3O3S2/c1-13(2,3)12-14-9-10(20-12)11(17)15-5-7-16(8-6-15)21(4,18)19/h9H,5-8H2,1-4H3. The third-order valence-corrected chi connectivity index (χ3v) is 6.07. The molecule has 0 aromatic carbocycles. The van der Waals surface area contributed by atoms with E-state index >= 15 is 0 Å². The third kappa shape index (κ3) is 3.81. The summed E-state index contributed by atoms with van der Waals surface area (Å²) in [7, 11) is -3.17. The van der Waals surface area contributed by atoms with E-state index in [0.29, 0.717) is 31.1 Å². The summed E-state index contributed by atoms with van der Waals surface area (Å²) in [5.41, 5.74) is -0.0712. The fourth-order valence-electron chi connectivity index (χ4n) is 2.10. The van der Waals surface area contributed by atoms with Gasteiger partial charge in [-0.15, -0.1) is 11.3 Å². The fraction of sp³-hybridized carbons (Fsp3) is 0.692. The van der Waals surface area contributed by atoms with Gasteiger partial charge in [0, 0.05) is 31.6 Å². The van der Waals surface area contributed by atoms with Gasteiger partial charge in [0.05, 0.1) is 17.5 Å². The zero-order chi connectivity index (χ0) is 15.8. The van der Waals surface area contributed by atoms with Crippen molar-refractivity contribution in [3.8, 4) is 0 Å². The molecule has 0 saturated carbocycles. The highest BCUT2D eigenvalue weighted by Crippen LogP contribution is 2.27. The molecular weight excluding hydrogens is 310 g/mol. The Morgan fingerprint density at radius 3 is 2.24 bits per heavy atom. The van der Waals surface area contributed by atoms with Crippen molar-refractivity contribution in [3.63, 3.8) is 0 Å². The largest absolute Gasteiger partial charge is 0.335 e. The van der Waals surface area contributed by atoms with Crippen LogP contribution in [-0.4, -0.2) is 60.9 Å². The highest BCUT2D eigenvalue weighted by atomic mass is 32.2. The molecule has 0 N–H and O–H groups in total. The summed E-state index contributed by atoms with van der Waals surface area (Å²) in [5, 5.41) is 0.931. The number of piperazine rings is 1. The average Bonchev–Trinajstić information content (AvgIpc) is 2.86. The van der Waals surface area contributed by atoms with Crippen LogP contribution in [0.25, 0.3) is 0 Å². The van der Waals surface area contributed by atoms with Crippen LogP contribution >= 0.6 is 11.3 Å². The third-order valence-electron chi connectivity index (χ3n) is 3.35. The van der Waals surface area contributed by atoms with Crippen LogP contribution in [0.3, 0.4) is 0 Å². The molecule has 0 spiro atoms. The Hall–Kier alpha value is -0.990. The molecule has 1 aliphatic heterocycles. The first-order chi connectivity index (χ1) is 9.59. The summed E-state index contributed by atoms with van der Waals surface area (Å²) in [6, 6.07) is 0.